The first-order valence-corrected chi connectivity index (χ1v) is 8.88. The number of amides is 1. The summed E-state index contributed by atoms with van der Waals surface area (Å²) >= 11 is 0. The number of hydrogen-bond donors (Lipinski definition) is 1. The second kappa shape index (κ2) is 7.62. The molecule has 1 aliphatic carbocycles. The summed E-state index contributed by atoms with van der Waals surface area (Å²) in [5.41, 5.74) is 1.45. The van der Waals surface area contributed by atoms with Gasteiger partial charge >= 0.3 is 0 Å². The van der Waals surface area contributed by atoms with Crippen molar-refractivity contribution in [2.45, 2.75) is 57.2 Å². The molecule has 24 heavy (non-hydrogen) atoms. The van der Waals surface area contributed by atoms with Gasteiger partial charge < -0.3 is 10.1 Å². The van der Waals surface area contributed by atoms with Crippen molar-refractivity contribution in [3.8, 4) is 0 Å². The lowest BCUT2D eigenvalue weighted by molar-refractivity contribution is -0.121. The monoisotopic (exact) mass is 334 g/mol. The molecule has 1 saturated carbocycles. The average Bonchev–Trinajstić information content (AvgIpc) is 3.19. The minimum atomic E-state index is -0.304. The second-order valence-corrected chi connectivity index (χ2v) is 7.09. The van der Waals surface area contributed by atoms with E-state index in [9.17, 15) is 9.18 Å². The lowest BCUT2D eigenvalue weighted by Crippen LogP contribution is -2.48. The Morgan fingerprint density at radius 1 is 1.38 bits per heavy atom. The topological polar surface area (TPSA) is 41.6 Å². The number of rotatable bonds is 5. The molecule has 1 aliphatic heterocycles. The van der Waals surface area contributed by atoms with Crippen molar-refractivity contribution in [1.29, 1.82) is 0 Å². The molecule has 4 nitrogen and oxygen atoms in total. The third kappa shape index (κ3) is 3.95. The maximum Gasteiger partial charge on any atom is 0.224 e. The van der Waals surface area contributed by atoms with Gasteiger partial charge in [0.05, 0.1) is 12.5 Å². The SMILES string of the molecule is COC1CCN([C@H]2CCC[C@H]2NC(=O)Cc2cc(C)ccc2F)C1. The Hall–Kier alpha value is -1.46. The molecule has 2 fully saturated rings. The number of benzene rings is 1. The van der Waals surface area contributed by atoms with Gasteiger partial charge in [0.15, 0.2) is 0 Å². The zero-order chi connectivity index (χ0) is 17.1. The number of nitrogens with one attached hydrogen (secondary N) is 1. The van der Waals surface area contributed by atoms with E-state index in [1.807, 2.05) is 6.92 Å². The number of aryl methyl sites for hydroxylation is 1. The average molecular weight is 334 g/mol. The lowest BCUT2D eigenvalue weighted by Gasteiger charge is -2.30. The van der Waals surface area contributed by atoms with Crippen LogP contribution < -0.4 is 5.32 Å². The number of hydrogen-bond acceptors (Lipinski definition) is 3. The molecule has 1 aromatic carbocycles. The highest BCUT2D eigenvalue weighted by molar-refractivity contribution is 5.79. The van der Waals surface area contributed by atoms with Crippen molar-refractivity contribution in [1.82, 2.24) is 10.2 Å². The highest BCUT2D eigenvalue weighted by atomic mass is 19.1. The normalized spacial score (nSPS) is 27.5. The molecule has 3 atom stereocenters. The molecular formula is C19H27FN2O2. The third-order valence-corrected chi connectivity index (χ3v) is 5.36. The first-order valence-electron chi connectivity index (χ1n) is 8.88. The lowest BCUT2D eigenvalue weighted by atomic mass is 10.1. The van der Waals surface area contributed by atoms with Crippen molar-refractivity contribution >= 4 is 5.91 Å². The van der Waals surface area contributed by atoms with Gasteiger partial charge in [-0.3, -0.25) is 9.69 Å². The first-order chi connectivity index (χ1) is 11.6. The molecule has 0 aromatic heterocycles. The first kappa shape index (κ1) is 17.4. The van der Waals surface area contributed by atoms with Crippen LogP contribution in [0.3, 0.4) is 0 Å². The van der Waals surface area contributed by atoms with Crippen LogP contribution in [0.5, 0.6) is 0 Å². The summed E-state index contributed by atoms with van der Waals surface area (Å²) in [4.78, 5) is 14.8. The van der Waals surface area contributed by atoms with E-state index < -0.39 is 0 Å². The predicted octanol–water partition coefficient (Wildman–Crippen LogP) is 2.43. The fourth-order valence-electron chi connectivity index (χ4n) is 4.06. The van der Waals surface area contributed by atoms with E-state index in [4.69, 9.17) is 4.74 Å². The molecule has 1 saturated heterocycles. The van der Waals surface area contributed by atoms with Gasteiger partial charge in [0.25, 0.3) is 0 Å². The Kier molecular flexibility index (Phi) is 5.51. The molecule has 5 heteroatoms. The quantitative estimate of drug-likeness (QED) is 0.899. The fourth-order valence-corrected chi connectivity index (χ4v) is 4.06. The van der Waals surface area contributed by atoms with E-state index in [1.165, 1.54) is 6.07 Å². The van der Waals surface area contributed by atoms with Crippen LogP contribution in [0.15, 0.2) is 18.2 Å². The minimum absolute atomic E-state index is 0.0844. The molecule has 1 unspecified atom stereocenters. The van der Waals surface area contributed by atoms with Crippen LogP contribution in [-0.4, -0.2) is 49.2 Å². The Bertz CT molecular complexity index is 593. The smallest absolute Gasteiger partial charge is 0.224 e. The van der Waals surface area contributed by atoms with E-state index in [-0.39, 0.29) is 24.2 Å². The minimum Gasteiger partial charge on any atom is -0.380 e. The second-order valence-electron chi connectivity index (χ2n) is 7.09. The maximum absolute atomic E-state index is 13.8. The van der Waals surface area contributed by atoms with Crippen molar-refractivity contribution in [2.75, 3.05) is 20.2 Å². The zero-order valence-corrected chi connectivity index (χ0v) is 14.6. The number of carbonyl (C=O) groups is 1. The molecular weight excluding hydrogens is 307 g/mol. The highest BCUT2D eigenvalue weighted by Crippen LogP contribution is 2.28. The van der Waals surface area contributed by atoms with Crippen LogP contribution in [0.4, 0.5) is 4.39 Å². The number of ether oxygens (including phenoxy) is 1. The van der Waals surface area contributed by atoms with Crippen LogP contribution in [0, 0.1) is 12.7 Å². The number of methoxy groups -OCH3 is 1. The molecule has 1 aromatic rings. The summed E-state index contributed by atoms with van der Waals surface area (Å²) < 4.78 is 19.3. The van der Waals surface area contributed by atoms with Gasteiger partial charge in [0.2, 0.25) is 5.91 Å². The van der Waals surface area contributed by atoms with Gasteiger partial charge in [0.1, 0.15) is 5.82 Å². The van der Waals surface area contributed by atoms with Gasteiger partial charge in [-0.15, -0.1) is 0 Å². The summed E-state index contributed by atoms with van der Waals surface area (Å²) in [6, 6.07) is 5.47. The van der Waals surface area contributed by atoms with E-state index in [2.05, 4.69) is 10.2 Å². The van der Waals surface area contributed by atoms with Gasteiger partial charge in [0, 0.05) is 32.3 Å². The van der Waals surface area contributed by atoms with Crippen LogP contribution in [0.2, 0.25) is 0 Å². The van der Waals surface area contributed by atoms with Crippen LogP contribution in [0.1, 0.15) is 36.8 Å². The highest BCUT2D eigenvalue weighted by Gasteiger charge is 2.36. The Balaban J connectivity index is 1.58. The third-order valence-electron chi connectivity index (χ3n) is 5.36. The van der Waals surface area contributed by atoms with Crippen molar-refractivity contribution < 1.29 is 13.9 Å². The Morgan fingerprint density at radius 3 is 2.96 bits per heavy atom. The van der Waals surface area contributed by atoms with Gasteiger partial charge in [-0.25, -0.2) is 4.39 Å². The molecule has 1 N–H and O–H groups in total. The van der Waals surface area contributed by atoms with Crippen LogP contribution in [0.25, 0.3) is 0 Å². The predicted molar refractivity (Wildman–Crippen MR) is 91.4 cm³/mol. The van der Waals surface area contributed by atoms with E-state index >= 15 is 0 Å². The summed E-state index contributed by atoms with van der Waals surface area (Å²) in [6.07, 6.45) is 4.71. The van der Waals surface area contributed by atoms with Gasteiger partial charge in [-0.05, 0) is 44.2 Å². The van der Waals surface area contributed by atoms with Gasteiger partial charge in [-0.1, -0.05) is 17.7 Å². The van der Waals surface area contributed by atoms with Crippen LogP contribution in [-0.2, 0) is 16.0 Å². The largest absolute Gasteiger partial charge is 0.380 e. The summed E-state index contributed by atoms with van der Waals surface area (Å²) in [5, 5.41) is 3.15. The number of likely N-dealkylation sites (tertiary alicyclic amines) is 1. The molecule has 2 aliphatic rings. The molecule has 3 rings (SSSR count). The molecule has 1 amide bonds. The van der Waals surface area contributed by atoms with Crippen molar-refractivity contribution in [3.05, 3.63) is 35.1 Å². The maximum atomic E-state index is 13.8. The summed E-state index contributed by atoms with van der Waals surface area (Å²) in [6.45, 7) is 3.88. The van der Waals surface area contributed by atoms with Gasteiger partial charge in [-0.2, -0.15) is 0 Å². The molecule has 0 radical (unpaired) electrons. The van der Waals surface area contributed by atoms with E-state index in [1.54, 1.807) is 19.2 Å². The zero-order valence-electron chi connectivity index (χ0n) is 14.6. The summed E-state index contributed by atoms with van der Waals surface area (Å²) in [7, 11) is 1.76. The molecule has 1 heterocycles. The van der Waals surface area contributed by atoms with Crippen molar-refractivity contribution in [2.24, 2.45) is 0 Å². The Morgan fingerprint density at radius 2 is 2.21 bits per heavy atom. The molecule has 0 spiro atoms. The summed E-state index contributed by atoms with van der Waals surface area (Å²) in [5.74, 6) is -0.389. The van der Waals surface area contributed by atoms with E-state index in [0.717, 1.165) is 44.3 Å². The Labute approximate surface area is 143 Å². The molecule has 0 bridgehead atoms. The number of halogens is 1. The number of nitrogens with zero attached hydrogens (tertiary/aromatic N) is 1. The van der Waals surface area contributed by atoms with Crippen LogP contribution >= 0.6 is 0 Å². The van der Waals surface area contributed by atoms with E-state index in [0.29, 0.717) is 17.7 Å². The standard InChI is InChI=1S/C19H27FN2O2/c1-13-6-7-16(20)14(10-13)11-19(23)21-17-4-3-5-18(17)22-9-8-15(12-22)24-2/h6-7,10,15,17-18H,3-5,8-9,11-12H2,1-2H3,(H,21,23)/t15?,17-,18+/m1/s1. The molecule has 132 valence electrons. The number of carbonyl (C=O) groups excluding carboxylic acids is 1. The fraction of sp³-hybridized carbons (Fsp3) is 0.632. The van der Waals surface area contributed by atoms with Crippen molar-refractivity contribution in [3.63, 3.8) is 0 Å².